The van der Waals surface area contributed by atoms with E-state index in [1.807, 2.05) is 0 Å². The Hall–Kier alpha value is -4.13. The van der Waals surface area contributed by atoms with E-state index in [1.165, 1.54) is 30.3 Å². The van der Waals surface area contributed by atoms with Crippen LogP contribution in [0.1, 0.15) is 46.9 Å². The summed E-state index contributed by atoms with van der Waals surface area (Å²) in [5.74, 6) is -0.726. The molecule has 1 aliphatic heterocycles. The number of hydrogen-bond acceptors (Lipinski definition) is 7. The summed E-state index contributed by atoms with van der Waals surface area (Å²) in [6.07, 6.45) is 2.63. The third kappa shape index (κ3) is 6.95. The highest BCUT2D eigenvalue weighted by Crippen LogP contribution is 2.42. The number of anilines is 1. The van der Waals surface area contributed by atoms with Gasteiger partial charge in [0, 0.05) is 48.8 Å². The maximum Gasteiger partial charge on any atom is 0.254 e. The molecule has 1 aliphatic rings. The lowest BCUT2D eigenvalue weighted by atomic mass is 9.95. The summed E-state index contributed by atoms with van der Waals surface area (Å²) in [4.78, 5) is 29.2. The molecule has 0 spiro atoms. The second kappa shape index (κ2) is 14.3. The first-order chi connectivity index (χ1) is 22.5. The number of carbonyl (C=O) groups is 2. The number of amides is 1. The average molecular weight is 669 g/mol. The molecule has 1 fully saturated rings. The van der Waals surface area contributed by atoms with E-state index < -0.39 is 29.1 Å². The lowest BCUT2D eigenvalue weighted by Crippen LogP contribution is -2.44. The van der Waals surface area contributed by atoms with Gasteiger partial charge in [-0.05, 0) is 60.9 Å². The van der Waals surface area contributed by atoms with Crippen LogP contribution < -0.4 is 4.31 Å². The summed E-state index contributed by atoms with van der Waals surface area (Å²) < 4.78 is 71.6. The van der Waals surface area contributed by atoms with Crippen LogP contribution in [0.4, 0.5) is 14.5 Å². The monoisotopic (exact) mass is 668 g/mol. The van der Waals surface area contributed by atoms with Crippen LogP contribution in [0.3, 0.4) is 0 Å². The first kappa shape index (κ1) is 34.2. The zero-order valence-electron chi connectivity index (χ0n) is 26.8. The van der Waals surface area contributed by atoms with Crippen molar-refractivity contribution in [2.75, 3.05) is 51.2 Å². The van der Waals surface area contributed by atoms with Crippen molar-refractivity contribution < 1.29 is 40.7 Å². The number of methoxy groups -OCH3 is 2. The molecule has 250 valence electrons. The maximum absolute atomic E-state index is 14.0. The number of fused-ring (bicyclic) bond motifs is 1. The number of hydrogen-bond donors (Lipinski definition) is 0. The molecule has 47 heavy (non-hydrogen) atoms. The van der Waals surface area contributed by atoms with E-state index >= 15 is 0 Å². The van der Waals surface area contributed by atoms with E-state index in [1.54, 1.807) is 56.4 Å². The average Bonchev–Trinajstić information content (AvgIpc) is 3.63. The predicted octanol–water partition coefficient (Wildman–Crippen LogP) is 6.50. The molecule has 2 heterocycles. The molecule has 4 aromatic rings. The number of sulfonamides is 1. The van der Waals surface area contributed by atoms with Crippen molar-refractivity contribution in [3.63, 3.8) is 0 Å². The van der Waals surface area contributed by atoms with E-state index in [0.29, 0.717) is 40.9 Å². The Balaban J connectivity index is 1.73. The lowest BCUT2D eigenvalue weighted by Gasteiger charge is -2.30. The molecule has 2 atom stereocenters. The van der Waals surface area contributed by atoms with E-state index in [-0.39, 0.29) is 52.8 Å². The molecule has 9 nitrogen and oxygen atoms in total. The van der Waals surface area contributed by atoms with Gasteiger partial charge >= 0.3 is 0 Å². The zero-order valence-corrected chi connectivity index (χ0v) is 27.6. The Bertz CT molecular complexity index is 1860. The van der Waals surface area contributed by atoms with Gasteiger partial charge in [0.15, 0.2) is 5.78 Å². The third-order valence-electron chi connectivity index (χ3n) is 8.46. The summed E-state index contributed by atoms with van der Waals surface area (Å²) in [7, 11) is -0.812. The number of nitrogens with zero attached hydrogens (tertiary/aromatic N) is 2. The minimum atomic E-state index is -3.99. The smallest absolute Gasteiger partial charge is 0.254 e. The molecule has 3 aromatic carbocycles. The van der Waals surface area contributed by atoms with Crippen molar-refractivity contribution in [2.45, 2.75) is 38.3 Å². The van der Waals surface area contributed by atoms with Gasteiger partial charge in [0.2, 0.25) is 10.0 Å². The van der Waals surface area contributed by atoms with E-state index in [0.717, 1.165) is 23.4 Å². The largest absolute Gasteiger partial charge is 0.455 e. The van der Waals surface area contributed by atoms with Gasteiger partial charge in [-0.3, -0.25) is 13.9 Å². The first-order valence-electron chi connectivity index (χ1n) is 15.4. The van der Waals surface area contributed by atoms with Gasteiger partial charge in [-0.15, -0.1) is 0 Å². The van der Waals surface area contributed by atoms with Crippen molar-refractivity contribution in [3.8, 4) is 22.5 Å². The van der Waals surface area contributed by atoms with Gasteiger partial charge in [-0.2, -0.15) is 0 Å². The fourth-order valence-corrected chi connectivity index (χ4v) is 7.25. The zero-order chi connectivity index (χ0) is 33.9. The SMILES string of the molecule is CCC(=O)c1c(-c2ccc(F)cc2)oc2cc(N(CCF)S(C)(=O)=O)c(-c3cccc(C(=O)N4[C@@H](COC)CC[C@@H]4COC)c3)cc12. The normalized spacial score (nSPS) is 16.6. The van der Waals surface area contributed by atoms with Crippen LogP contribution in [0.5, 0.6) is 0 Å². The Morgan fingerprint density at radius 2 is 1.64 bits per heavy atom. The van der Waals surface area contributed by atoms with Crippen LogP contribution in [0, 0.1) is 5.82 Å². The molecule has 0 aliphatic carbocycles. The number of ether oxygens (including phenoxy) is 2. The van der Waals surface area contributed by atoms with Crippen LogP contribution in [-0.2, 0) is 19.5 Å². The molecular weight excluding hydrogens is 630 g/mol. The predicted molar refractivity (Wildman–Crippen MR) is 177 cm³/mol. The van der Waals surface area contributed by atoms with Gasteiger partial charge in [0.25, 0.3) is 5.91 Å². The standard InChI is InChI=1S/C35H38F2N2O7S/c1-5-31(40)33-29-18-28(23-7-6-8-24(17-23)35(41)39-26(20-44-2)13-14-27(39)21-45-3)30(38(16-15-36)47(4,42)43)19-32(29)46-34(33)22-9-11-25(37)12-10-22/h6-12,17-19,26-27H,5,13-16,20-21H2,1-4H3/t26-,27-/m1/s1. The first-order valence-corrected chi connectivity index (χ1v) is 17.2. The summed E-state index contributed by atoms with van der Waals surface area (Å²) in [5, 5.41) is 0.403. The number of rotatable bonds is 13. The Labute approximate surface area is 273 Å². The summed E-state index contributed by atoms with van der Waals surface area (Å²) in [6.45, 7) is 1.01. The van der Waals surface area contributed by atoms with Gasteiger partial charge in [0.05, 0.1) is 49.3 Å². The number of halogens is 2. The molecule has 0 bridgehead atoms. The number of carbonyl (C=O) groups excluding carboxylic acids is 2. The van der Waals surface area contributed by atoms with Crippen molar-refractivity contribution in [2.24, 2.45) is 0 Å². The number of likely N-dealkylation sites (tertiary alicyclic amines) is 1. The summed E-state index contributed by atoms with van der Waals surface area (Å²) in [5.41, 5.74) is 2.22. The lowest BCUT2D eigenvalue weighted by molar-refractivity contribution is 0.0420. The number of alkyl halides is 1. The van der Waals surface area contributed by atoms with Crippen LogP contribution in [0.25, 0.3) is 33.4 Å². The fourth-order valence-electron chi connectivity index (χ4n) is 6.34. The second-order valence-electron chi connectivity index (χ2n) is 11.6. The minimum absolute atomic E-state index is 0.118. The van der Waals surface area contributed by atoms with Crippen molar-refractivity contribution in [1.29, 1.82) is 0 Å². The fraction of sp³-hybridized carbons (Fsp3) is 0.371. The molecule has 0 N–H and O–H groups in total. The maximum atomic E-state index is 14.0. The number of furan rings is 1. The Morgan fingerprint density at radius 1 is 0.979 bits per heavy atom. The molecule has 1 saturated heterocycles. The van der Waals surface area contributed by atoms with Gasteiger partial charge in [-0.25, -0.2) is 17.2 Å². The van der Waals surface area contributed by atoms with E-state index in [2.05, 4.69) is 0 Å². The number of Topliss-reactive ketones (excluding diaryl/α,β-unsaturated/α-hetero) is 1. The number of benzene rings is 3. The van der Waals surface area contributed by atoms with E-state index in [4.69, 9.17) is 13.9 Å². The Morgan fingerprint density at radius 3 is 2.21 bits per heavy atom. The summed E-state index contributed by atoms with van der Waals surface area (Å²) in [6, 6.07) is 15.1. The van der Waals surface area contributed by atoms with Gasteiger partial charge < -0.3 is 18.8 Å². The highest BCUT2D eigenvalue weighted by atomic mass is 32.2. The van der Waals surface area contributed by atoms with Crippen LogP contribution >= 0.6 is 0 Å². The Kier molecular flexibility index (Phi) is 10.4. The van der Waals surface area contributed by atoms with Crippen LogP contribution in [0.15, 0.2) is 65.1 Å². The molecule has 1 aromatic heterocycles. The summed E-state index contributed by atoms with van der Waals surface area (Å²) >= 11 is 0. The van der Waals surface area contributed by atoms with Gasteiger partial charge in [0.1, 0.15) is 23.8 Å². The molecule has 0 radical (unpaired) electrons. The minimum Gasteiger partial charge on any atom is -0.455 e. The number of ketones is 1. The van der Waals surface area contributed by atoms with Crippen LogP contribution in [0.2, 0.25) is 0 Å². The van der Waals surface area contributed by atoms with E-state index in [9.17, 15) is 26.8 Å². The molecule has 0 unspecified atom stereocenters. The quantitative estimate of drug-likeness (QED) is 0.150. The third-order valence-corrected chi connectivity index (χ3v) is 9.64. The molecule has 5 rings (SSSR count). The van der Waals surface area contributed by atoms with Crippen molar-refractivity contribution in [1.82, 2.24) is 4.90 Å². The topological polar surface area (TPSA) is 106 Å². The molecule has 12 heteroatoms. The highest BCUT2D eigenvalue weighted by Gasteiger charge is 2.37. The van der Waals surface area contributed by atoms with Gasteiger partial charge in [-0.1, -0.05) is 19.1 Å². The van der Waals surface area contributed by atoms with Crippen LogP contribution in [-0.4, -0.2) is 84.0 Å². The molecule has 0 saturated carbocycles. The van der Waals surface area contributed by atoms with Crippen molar-refractivity contribution in [3.05, 3.63) is 77.6 Å². The molecular formula is C35H38F2N2O7S. The highest BCUT2D eigenvalue weighted by molar-refractivity contribution is 7.92. The molecule has 1 amide bonds. The van der Waals surface area contributed by atoms with Crippen molar-refractivity contribution >= 4 is 38.4 Å². The second-order valence-corrected chi connectivity index (χ2v) is 13.5.